The quantitative estimate of drug-likeness (QED) is 0.0858. The van der Waals surface area contributed by atoms with Gasteiger partial charge in [-0.3, -0.25) is 0 Å². The first kappa shape index (κ1) is 42.9. The van der Waals surface area contributed by atoms with Crippen molar-refractivity contribution in [3.05, 3.63) is 153 Å². The third-order valence-corrected chi connectivity index (χ3v) is 12.1. The summed E-state index contributed by atoms with van der Waals surface area (Å²) < 4.78 is 107. The van der Waals surface area contributed by atoms with E-state index in [4.69, 9.17) is 9.47 Å². The van der Waals surface area contributed by atoms with Gasteiger partial charge in [0.05, 0.1) is 14.2 Å². The summed E-state index contributed by atoms with van der Waals surface area (Å²) in [7, 11) is 2.98. The molecule has 0 saturated carbocycles. The number of thiol groups is 1. The van der Waals surface area contributed by atoms with Crippen LogP contribution in [0.1, 0.15) is 86.2 Å². The molecular weight excluding hydrogens is 787 g/mol. The van der Waals surface area contributed by atoms with Crippen molar-refractivity contribution >= 4 is 46.1 Å². The molecule has 0 amide bonds. The molecule has 0 aliphatic heterocycles. The van der Waals surface area contributed by atoms with Crippen molar-refractivity contribution in [1.82, 2.24) is 0 Å². The number of benzene rings is 4. The molecule has 1 heterocycles. The second kappa shape index (κ2) is 15.8. The van der Waals surface area contributed by atoms with Crippen LogP contribution in [0.2, 0.25) is 0 Å². The lowest BCUT2D eigenvalue weighted by molar-refractivity contribution is -0.260. The maximum absolute atomic E-state index is 16.5. The third-order valence-electron chi connectivity index (χ3n) is 10.4. The zero-order chi connectivity index (χ0) is 42.4. The Morgan fingerprint density at radius 2 is 1.14 bits per heavy atom. The summed E-state index contributed by atoms with van der Waals surface area (Å²) >= 11 is 5.53. The van der Waals surface area contributed by atoms with Gasteiger partial charge in [0.2, 0.25) is 0 Å². The van der Waals surface area contributed by atoms with Crippen molar-refractivity contribution in [3.8, 4) is 21.9 Å². The van der Waals surface area contributed by atoms with Crippen molar-refractivity contribution in [2.45, 2.75) is 76.6 Å². The second-order valence-corrected chi connectivity index (χ2v) is 18.0. The fraction of sp³-hybridized carbons (Fsp3) is 0.292. The molecule has 0 fully saturated rings. The van der Waals surface area contributed by atoms with Gasteiger partial charge >= 0.3 is 17.8 Å². The van der Waals surface area contributed by atoms with Gasteiger partial charge in [0.15, 0.2) is 0 Å². The smallest absolute Gasteiger partial charge is 0.380 e. The van der Waals surface area contributed by atoms with Gasteiger partial charge in [0.1, 0.15) is 11.5 Å². The first-order valence-corrected chi connectivity index (χ1v) is 20.0. The Labute approximate surface area is 346 Å². The summed E-state index contributed by atoms with van der Waals surface area (Å²) in [4.78, 5) is 0.699. The molecule has 58 heavy (non-hydrogen) atoms. The van der Waals surface area contributed by atoms with Crippen molar-refractivity contribution < 1.29 is 35.8 Å². The lowest BCUT2D eigenvalue weighted by Gasteiger charge is -2.26. The van der Waals surface area contributed by atoms with Crippen LogP contribution >= 0.6 is 24.0 Å². The molecular formula is C48H46F6O2S2. The molecule has 0 bridgehead atoms. The van der Waals surface area contributed by atoms with E-state index >= 15 is 26.3 Å². The van der Waals surface area contributed by atoms with E-state index in [0.717, 1.165) is 22.5 Å². The molecule has 10 heteroatoms. The lowest BCUT2D eigenvalue weighted by Crippen LogP contribution is -2.49. The summed E-state index contributed by atoms with van der Waals surface area (Å²) in [6.45, 7) is 12.4. The Bertz CT molecular complexity index is 2360. The van der Waals surface area contributed by atoms with Crippen molar-refractivity contribution in [3.63, 3.8) is 0 Å². The molecule has 1 aliphatic rings. The molecule has 0 unspecified atom stereocenters. The normalized spacial score (nSPS) is 16.8. The number of rotatable bonds is 10. The first-order valence-electron chi connectivity index (χ1n) is 18.7. The van der Waals surface area contributed by atoms with Crippen LogP contribution < -0.4 is 9.47 Å². The van der Waals surface area contributed by atoms with E-state index in [2.05, 4.69) is 54.2 Å². The number of hydrogen-bond donors (Lipinski definition) is 1. The van der Waals surface area contributed by atoms with Crippen LogP contribution in [-0.2, 0) is 10.8 Å². The number of thiophene rings is 1. The Morgan fingerprint density at radius 3 is 1.64 bits per heavy atom. The van der Waals surface area contributed by atoms with E-state index in [0.29, 0.717) is 44.2 Å². The molecule has 0 spiro atoms. The van der Waals surface area contributed by atoms with Crippen LogP contribution in [0.5, 0.6) is 11.5 Å². The van der Waals surface area contributed by atoms with Gasteiger partial charge in [-0.1, -0.05) is 108 Å². The highest BCUT2D eigenvalue weighted by Crippen LogP contribution is 2.64. The molecule has 5 aromatic rings. The zero-order valence-corrected chi connectivity index (χ0v) is 35.3. The maximum Gasteiger partial charge on any atom is 0.380 e. The van der Waals surface area contributed by atoms with E-state index < -0.39 is 40.9 Å². The monoisotopic (exact) mass is 832 g/mol. The molecule has 0 radical (unpaired) electrons. The molecule has 1 aliphatic carbocycles. The molecule has 304 valence electrons. The Hall–Kier alpha value is -4.67. The average Bonchev–Trinajstić information content (AvgIpc) is 3.65. The molecule has 6 rings (SSSR count). The van der Waals surface area contributed by atoms with Crippen LogP contribution in [0.4, 0.5) is 26.3 Å². The van der Waals surface area contributed by atoms with Crippen LogP contribution in [0.3, 0.4) is 0 Å². The number of ether oxygens (including phenoxy) is 2. The van der Waals surface area contributed by atoms with Crippen LogP contribution in [0.15, 0.2) is 115 Å². The molecule has 0 N–H and O–H groups in total. The molecule has 1 aromatic heterocycles. The van der Waals surface area contributed by atoms with Crippen molar-refractivity contribution in [2.75, 3.05) is 14.2 Å². The number of halogens is 6. The molecule has 0 atom stereocenters. The Kier molecular flexibility index (Phi) is 11.7. The summed E-state index contributed by atoms with van der Waals surface area (Å²) in [6, 6.07) is 29.9. The van der Waals surface area contributed by atoms with Crippen molar-refractivity contribution in [2.24, 2.45) is 0 Å². The van der Waals surface area contributed by atoms with Crippen LogP contribution in [0, 0.1) is 0 Å². The summed E-state index contributed by atoms with van der Waals surface area (Å²) in [5.41, 5.74) is 1.27. The van der Waals surface area contributed by atoms with Gasteiger partial charge in [-0.05, 0) is 99.2 Å². The molecule has 2 nitrogen and oxygen atoms in total. The fourth-order valence-corrected chi connectivity index (χ4v) is 8.33. The molecule has 0 saturated heterocycles. The standard InChI is InChI=1S/C48H46F6O2S2/c1-44(2,3)33-17-9-29(10-18-33)27-37(30-11-19-34(20-12-30)45(4,5)6)43-38(28-41(58-43)32-15-23-36(56-8)24-16-32)42-39(46(49,50)48(53,54)47(42,51)52)25-26-40(57)31-13-21-35(55-7)22-14-31/h9-24,26-28,57H,25H2,1-8H3/b37-27+,40-26-. The highest BCUT2D eigenvalue weighted by atomic mass is 32.1. The Morgan fingerprint density at radius 1 is 0.655 bits per heavy atom. The average molecular weight is 833 g/mol. The zero-order valence-electron chi connectivity index (χ0n) is 33.6. The predicted molar refractivity (Wildman–Crippen MR) is 230 cm³/mol. The van der Waals surface area contributed by atoms with Gasteiger partial charge in [0, 0.05) is 36.9 Å². The highest BCUT2D eigenvalue weighted by Gasteiger charge is 2.80. The largest absolute Gasteiger partial charge is 0.497 e. The van der Waals surface area contributed by atoms with Gasteiger partial charge in [-0.25, -0.2) is 0 Å². The lowest BCUT2D eigenvalue weighted by atomic mass is 9.85. The number of methoxy groups -OCH3 is 2. The fourth-order valence-electron chi connectivity index (χ4n) is 6.88. The minimum absolute atomic E-state index is 0.139. The SMILES string of the molecule is COc1ccc(/C(S)=C/CC2=C(c3cc(-c4ccc(OC)cc4)sc3/C(=C/c3ccc(C(C)(C)C)cc3)c3ccc(C(C)(C)C)cc3)C(F)(F)C(F)(F)C2(F)F)cc1. The van der Waals surface area contributed by atoms with E-state index in [1.165, 1.54) is 26.4 Å². The highest BCUT2D eigenvalue weighted by molar-refractivity contribution is 7.90. The summed E-state index contributed by atoms with van der Waals surface area (Å²) in [6.07, 6.45) is 2.05. The number of hydrogen-bond acceptors (Lipinski definition) is 4. The van der Waals surface area contributed by atoms with E-state index in [9.17, 15) is 0 Å². The van der Waals surface area contributed by atoms with Gasteiger partial charge in [-0.15, -0.1) is 24.0 Å². The summed E-state index contributed by atoms with van der Waals surface area (Å²) in [5.74, 6) is -15.1. The van der Waals surface area contributed by atoms with Gasteiger partial charge in [-0.2, -0.15) is 26.3 Å². The van der Waals surface area contributed by atoms with Crippen LogP contribution in [-0.4, -0.2) is 32.0 Å². The first-order chi connectivity index (χ1) is 27.1. The minimum Gasteiger partial charge on any atom is -0.497 e. The van der Waals surface area contributed by atoms with Gasteiger partial charge < -0.3 is 9.47 Å². The van der Waals surface area contributed by atoms with E-state index in [1.807, 2.05) is 48.5 Å². The minimum atomic E-state index is -5.73. The third kappa shape index (κ3) is 8.15. The summed E-state index contributed by atoms with van der Waals surface area (Å²) in [5, 5.41) is 0. The number of alkyl halides is 6. The Balaban J connectivity index is 1.65. The second-order valence-electron chi connectivity index (χ2n) is 16.4. The number of allylic oxidation sites excluding steroid dienone is 3. The van der Waals surface area contributed by atoms with E-state index in [1.54, 1.807) is 54.6 Å². The van der Waals surface area contributed by atoms with E-state index in [-0.39, 0.29) is 20.6 Å². The maximum atomic E-state index is 16.5. The topological polar surface area (TPSA) is 18.5 Å². The van der Waals surface area contributed by atoms with Crippen LogP contribution in [0.25, 0.3) is 32.6 Å². The molecule has 4 aromatic carbocycles. The van der Waals surface area contributed by atoms with Crippen molar-refractivity contribution in [1.29, 1.82) is 0 Å². The van der Waals surface area contributed by atoms with Gasteiger partial charge in [0.25, 0.3) is 0 Å². The predicted octanol–water partition coefficient (Wildman–Crippen LogP) is 14.7.